The molecule has 0 aliphatic heterocycles. The van der Waals surface area contributed by atoms with Crippen molar-refractivity contribution < 1.29 is 13.2 Å². The minimum Gasteiger partial charge on any atom is -0.382 e. The lowest BCUT2D eigenvalue weighted by molar-refractivity contribution is -0.105. The molecule has 0 bridgehead atoms. The Morgan fingerprint density at radius 3 is 2.57 bits per heavy atom. The van der Waals surface area contributed by atoms with Gasteiger partial charge < -0.3 is 5.73 Å². The maximum Gasteiger partial charge on any atom is 0.398 e. The van der Waals surface area contributed by atoms with Crippen molar-refractivity contribution in [1.29, 1.82) is 0 Å². The SMILES string of the molecule is Cc1cc(C)c(SCC(F)(F)F)cc1/N=C(\N)c1ccccn1. The van der Waals surface area contributed by atoms with E-state index in [1.54, 1.807) is 37.4 Å². The summed E-state index contributed by atoms with van der Waals surface area (Å²) >= 11 is 0.749. The van der Waals surface area contributed by atoms with Crippen LogP contribution >= 0.6 is 11.8 Å². The highest BCUT2D eigenvalue weighted by Crippen LogP contribution is 2.33. The van der Waals surface area contributed by atoms with Crippen LogP contribution in [0.15, 0.2) is 46.4 Å². The Labute approximate surface area is 136 Å². The second-order valence-corrected chi connectivity index (χ2v) is 6.04. The summed E-state index contributed by atoms with van der Waals surface area (Å²) in [6, 6.07) is 8.72. The fourth-order valence-corrected chi connectivity index (χ4v) is 2.76. The normalized spacial score (nSPS) is 12.5. The number of aliphatic imine (C=N–C) groups is 1. The first-order valence-corrected chi connectivity index (χ1v) is 7.81. The van der Waals surface area contributed by atoms with Gasteiger partial charge in [0.2, 0.25) is 0 Å². The number of thioether (sulfide) groups is 1. The Balaban J connectivity index is 2.32. The van der Waals surface area contributed by atoms with Crippen molar-refractivity contribution in [3.8, 4) is 0 Å². The Bertz CT molecular complexity index is 713. The van der Waals surface area contributed by atoms with E-state index >= 15 is 0 Å². The molecule has 0 fully saturated rings. The summed E-state index contributed by atoms with van der Waals surface area (Å²) in [5.74, 6) is -0.709. The molecule has 2 aromatic rings. The van der Waals surface area contributed by atoms with Gasteiger partial charge in [-0.05, 0) is 43.2 Å². The summed E-state index contributed by atoms with van der Waals surface area (Å²) in [4.78, 5) is 8.96. The van der Waals surface area contributed by atoms with Crippen molar-refractivity contribution in [2.75, 3.05) is 5.75 Å². The molecule has 1 heterocycles. The predicted molar refractivity (Wildman–Crippen MR) is 87.3 cm³/mol. The van der Waals surface area contributed by atoms with Crippen molar-refractivity contribution in [2.45, 2.75) is 24.9 Å². The molecule has 0 radical (unpaired) electrons. The fraction of sp³-hybridized carbons (Fsp3) is 0.250. The highest BCUT2D eigenvalue weighted by molar-refractivity contribution is 7.99. The Kier molecular flexibility index (Phi) is 5.30. The molecule has 122 valence electrons. The maximum absolute atomic E-state index is 12.4. The van der Waals surface area contributed by atoms with Gasteiger partial charge in [-0.25, -0.2) is 4.99 Å². The molecule has 0 saturated carbocycles. The average molecular weight is 339 g/mol. The van der Waals surface area contributed by atoms with Crippen LogP contribution in [-0.2, 0) is 0 Å². The van der Waals surface area contributed by atoms with E-state index in [0.29, 0.717) is 16.3 Å². The summed E-state index contributed by atoms with van der Waals surface area (Å²) < 4.78 is 37.2. The molecule has 23 heavy (non-hydrogen) atoms. The van der Waals surface area contributed by atoms with E-state index in [0.717, 1.165) is 22.9 Å². The maximum atomic E-state index is 12.4. The van der Waals surface area contributed by atoms with Crippen LogP contribution in [0.3, 0.4) is 0 Å². The largest absolute Gasteiger partial charge is 0.398 e. The molecule has 0 aliphatic rings. The van der Waals surface area contributed by atoms with Crippen LogP contribution in [0.25, 0.3) is 0 Å². The third-order valence-electron chi connectivity index (χ3n) is 3.05. The van der Waals surface area contributed by atoms with Crippen molar-refractivity contribution in [2.24, 2.45) is 10.7 Å². The first-order chi connectivity index (χ1) is 10.8. The standard InChI is InChI=1S/C16H16F3N3S/c1-10-7-11(2)14(23-9-16(17,18)19)8-13(10)22-15(20)12-5-3-4-6-21-12/h3-8H,9H2,1-2H3,(H2,20,22). The van der Waals surface area contributed by atoms with Crippen LogP contribution < -0.4 is 5.73 Å². The fourth-order valence-electron chi connectivity index (χ4n) is 1.96. The van der Waals surface area contributed by atoms with Gasteiger partial charge in [0, 0.05) is 11.1 Å². The molecule has 0 aliphatic carbocycles. The number of pyridine rings is 1. The molecule has 0 saturated heterocycles. The third-order valence-corrected chi connectivity index (χ3v) is 4.28. The molecule has 0 spiro atoms. The quantitative estimate of drug-likeness (QED) is 0.511. The van der Waals surface area contributed by atoms with Crippen LogP contribution in [0.2, 0.25) is 0 Å². The van der Waals surface area contributed by atoms with Crippen molar-refractivity contribution in [1.82, 2.24) is 4.98 Å². The Hall–Kier alpha value is -2.02. The van der Waals surface area contributed by atoms with Gasteiger partial charge in [-0.1, -0.05) is 12.1 Å². The molecule has 2 N–H and O–H groups in total. The summed E-state index contributed by atoms with van der Waals surface area (Å²) in [7, 11) is 0. The van der Waals surface area contributed by atoms with Crippen LogP contribution in [0, 0.1) is 13.8 Å². The van der Waals surface area contributed by atoms with Gasteiger partial charge in [0.25, 0.3) is 0 Å². The lowest BCUT2D eigenvalue weighted by Crippen LogP contribution is -2.14. The molecular formula is C16H16F3N3S. The molecule has 1 aromatic heterocycles. The third kappa shape index (κ3) is 4.99. The highest BCUT2D eigenvalue weighted by Gasteiger charge is 2.27. The number of benzene rings is 1. The number of hydrogen-bond donors (Lipinski definition) is 1. The van der Waals surface area contributed by atoms with Crippen molar-refractivity contribution >= 4 is 23.3 Å². The zero-order valence-electron chi connectivity index (χ0n) is 12.7. The van der Waals surface area contributed by atoms with Crippen LogP contribution in [-0.4, -0.2) is 22.7 Å². The number of nitrogens with two attached hydrogens (primary N) is 1. The zero-order valence-corrected chi connectivity index (χ0v) is 13.5. The van der Waals surface area contributed by atoms with Gasteiger partial charge in [-0.2, -0.15) is 13.2 Å². The van der Waals surface area contributed by atoms with E-state index in [1.165, 1.54) is 0 Å². The molecule has 2 rings (SSSR count). The van der Waals surface area contributed by atoms with Gasteiger partial charge in [-0.3, -0.25) is 4.98 Å². The lowest BCUT2D eigenvalue weighted by atomic mass is 10.1. The van der Waals surface area contributed by atoms with Gasteiger partial charge >= 0.3 is 6.18 Å². The second-order valence-electron chi connectivity index (χ2n) is 5.02. The van der Waals surface area contributed by atoms with Crippen LogP contribution in [0.4, 0.5) is 18.9 Å². The van der Waals surface area contributed by atoms with Crippen molar-refractivity contribution in [3.63, 3.8) is 0 Å². The van der Waals surface area contributed by atoms with Gasteiger partial charge in [0.05, 0.1) is 11.4 Å². The van der Waals surface area contributed by atoms with E-state index in [9.17, 15) is 13.2 Å². The monoisotopic (exact) mass is 339 g/mol. The number of aromatic nitrogens is 1. The number of hydrogen-bond acceptors (Lipinski definition) is 3. The number of amidine groups is 1. The number of rotatable bonds is 4. The number of nitrogens with zero attached hydrogens (tertiary/aromatic N) is 2. The highest BCUT2D eigenvalue weighted by atomic mass is 32.2. The summed E-state index contributed by atoms with van der Waals surface area (Å²) in [5.41, 5.74) is 8.63. The summed E-state index contributed by atoms with van der Waals surface area (Å²) in [5, 5.41) is 0. The van der Waals surface area contributed by atoms with Gasteiger partial charge in [0.15, 0.2) is 0 Å². The molecule has 1 aromatic carbocycles. The first kappa shape index (κ1) is 17.3. The molecule has 0 unspecified atom stereocenters. The van der Waals surface area contributed by atoms with E-state index in [1.807, 2.05) is 13.0 Å². The molecule has 0 atom stereocenters. The van der Waals surface area contributed by atoms with E-state index < -0.39 is 11.9 Å². The average Bonchev–Trinajstić information content (AvgIpc) is 2.48. The number of alkyl halides is 3. The van der Waals surface area contributed by atoms with Crippen LogP contribution in [0.1, 0.15) is 16.8 Å². The van der Waals surface area contributed by atoms with Crippen molar-refractivity contribution in [3.05, 3.63) is 53.3 Å². The first-order valence-electron chi connectivity index (χ1n) is 6.82. The Morgan fingerprint density at radius 1 is 1.22 bits per heavy atom. The summed E-state index contributed by atoms with van der Waals surface area (Å²) in [6.45, 7) is 3.62. The van der Waals surface area contributed by atoms with Gasteiger partial charge in [-0.15, -0.1) is 11.8 Å². The minimum absolute atomic E-state index is 0.226. The second kappa shape index (κ2) is 7.04. The topological polar surface area (TPSA) is 51.3 Å². The lowest BCUT2D eigenvalue weighted by Gasteiger charge is -2.11. The number of halogens is 3. The Morgan fingerprint density at radius 2 is 1.96 bits per heavy atom. The van der Waals surface area contributed by atoms with E-state index in [-0.39, 0.29) is 5.84 Å². The number of aryl methyl sites for hydroxylation is 2. The predicted octanol–water partition coefficient (Wildman–Crippen LogP) is 4.39. The molecule has 3 nitrogen and oxygen atoms in total. The van der Waals surface area contributed by atoms with Crippen LogP contribution in [0.5, 0.6) is 0 Å². The summed E-state index contributed by atoms with van der Waals surface area (Å²) in [6.07, 6.45) is -2.61. The molecular weight excluding hydrogens is 323 g/mol. The van der Waals surface area contributed by atoms with E-state index in [2.05, 4.69) is 9.98 Å². The van der Waals surface area contributed by atoms with E-state index in [4.69, 9.17) is 5.73 Å². The molecule has 7 heteroatoms. The minimum atomic E-state index is -4.21. The smallest absolute Gasteiger partial charge is 0.382 e. The zero-order chi connectivity index (χ0) is 17.0. The molecule has 0 amide bonds. The van der Waals surface area contributed by atoms with Gasteiger partial charge in [0.1, 0.15) is 11.5 Å².